The Morgan fingerprint density at radius 1 is 1.03 bits per heavy atom. The Labute approximate surface area is 181 Å². The van der Waals surface area contributed by atoms with Gasteiger partial charge in [-0.2, -0.15) is 0 Å². The van der Waals surface area contributed by atoms with Gasteiger partial charge in [0.25, 0.3) is 0 Å². The second-order valence-corrected chi connectivity index (χ2v) is 9.16. The van der Waals surface area contributed by atoms with Crippen molar-refractivity contribution >= 4 is 5.91 Å². The molecular formula is C20H35NO10. The molecule has 3 aliphatic rings. The Morgan fingerprint density at radius 2 is 1.71 bits per heavy atom. The van der Waals surface area contributed by atoms with Crippen LogP contribution in [0.3, 0.4) is 0 Å². The fraction of sp³-hybridized carbons (Fsp3) is 0.950. The largest absolute Gasteiger partial charge is 0.394 e. The number of carbonyl (C=O) groups is 1. The lowest BCUT2D eigenvalue weighted by molar-refractivity contribution is -0.337. The number of amides is 1. The van der Waals surface area contributed by atoms with E-state index >= 15 is 0 Å². The number of nitrogens with zero attached hydrogens (tertiary/aromatic N) is 1. The molecule has 10 atom stereocenters. The molecule has 6 N–H and O–H groups in total. The van der Waals surface area contributed by atoms with Crippen molar-refractivity contribution in [1.29, 1.82) is 0 Å². The van der Waals surface area contributed by atoms with E-state index < -0.39 is 68.5 Å². The monoisotopic (exact) mass is 449 g/mol. The summed E-state index contributed by atoms with van der Waals surface area (Å²) in [6, 6.07) is 0. The number of hydrogen-bond acceptors (Lipinski definition) is 10. The summed E-state index contributed by atoms with van der Waals surface area (Å²) in [7, 11) is 0. The first-order chi connectivity index (χ1) is 14.7. The van der Waals surface area contributed by atoms with Crippen LogP contribution in [0.15, 0.2) is 0 Å². The van der Waals surface area contributed by atoms with E-state index in [-0.39, 0.29) is 18.2 Å². The van der Waals surface area contributed by atoms with Gasteiger partial charge < -0.3 is 49.7 Å². The fourth-order valence-electron chi connectivity index (χ4n) is 4.70. The van der Waals surface area contributed by atoms with Gasteiger partial charge >= 0.3 is 0 Å². The summed E-state index contributed by atoms with van der Waals surface area (Å²) in [5.41, 5.74) is 0. The van der Waals surface area contributed by atoms with Crippen LogP contribution < -0.4 is 0 Å². The highest BCUT2D eigenvalue weighted by molar-refractivity contribution is 5.78. The molecule has 0 aromatic heterocycles. The molecule has 3 saturated heterocycles. The average Bonchev–Trinajstić information content (AvgIpc) is 3.08. The van der Waals surface area contributed by atoms with Crippen molar-refractivity contribution in [3.63, 3.8) is 0 Å². The summed E-state index contributed by atoms with van der Waals surface area (Å²) < 4.78 is 16.8. The Kier molecular flexibility index (Phi) is 8.27. The zero-order chi connectivity index (χ0) is 22.9. The lowest BCUT2D eigenvalue weighted by Crippen LogP contribution is -2.62. The van der Waals surface area contributed by atoms with E-state index in [4.69, 9.17) is 14.2 Å². The maximum Gasteiger partial charge on any atom is 0.224 e. The van der Waals surface area contributed by atoms with E-state index in [2.05, 4.69) is 13.8 Å². The molecule has 0 aromatic rings. The Morgan fingerprint density at radius 3 is 2.32 bits per heavy atom. The molecule has 11 nitrogen and oxygen atoms in total. The van der Waals surface area contributed by atoms with E-state index in [0.29, 0.717) is 18.9 Å². The van der Waals surface area contributed by atoms with Gasteiger partial charge in [0.05, 0.1) is 19.3 Å². The summed E-state index contributed by atoms with van der Waals surface area (Å²) >= 11 is 0. The molecule has 0 aromatic carbocycles. The number of carbonyl (C=O) groups excluding carboxylic acids is 1. The van der Waals surface area contributed by atoms with Crippen LogP contribution in [0.25, 0.3) is 0 Å². The van der Waals surface area contributed by atoms with Gasteiger partial charge in [-0.3, -0.25) is 4.79 Å². The molecule has 3 aliphatic heterocycles. The number of aliphatic hydroxyl groups is 6. The van der Waals surface area contributed by atoms with Crippen molar-refractivity contribution in [3.8, 4) is 0 Å². The smallest absolute Gasteiger partial charge is 0.224 e. The van der Waals surface area contributed by atoms with Crippen LogP contribution in [-0.2, 0) is 19.0 Å². The van der Waals surface area contributed by atoms with Crippen LogP contribution >= 0.6 is 0 Å². The molecule has 3 rings (SSSR count). The molecule has 0 aliphatic carbocycles. The molecular weight excluding hydrogens is 414 g/mol. The van der Waals surface area contributed by atoms with Gasteiger partial charge in [0.1, 0.15) is 42.9 Å². The quantitative estimate of drug-likeness (QED) is 0.245. The van der Waals surface area contributed by atoms with Crippen LogP contribution in [0.5, 0.6) is 0 Å². The Bertz CT molecular complexity index is 605. The maximum atomic E-state index is 12.5. The van der Waals surface area contributed by atoms with E-state index in [9.17, 15) is 35.4 Å². The molecule has 11 heteroatoms. The highest BCUT2D eigenvalue weighted by Gasteiger charge is 2.49. The zero-order valence-corrected chi connectivity index (χ0v) is 17.9. The third-order valence-electron chi connectivity index (χ3n) is 6.23. The summed E-state index contributed by atoms with van der Waals surface area (Å²) in [5.74, 6) is 0.605. The highest BCUT2D eigenvalue weighted by Crippen LogP contribution is 2.33. The molecule has 3 fully saturated rings. The molecule has 0 radical (unpaired) electrons. The number of hydrogen-bond donors (Lipinski definition) is 6. The van der Waals surface area contributed by atoms with Crippen molar-refractivity contribution in [1.82, 2.24) is 4.90 Å². The Balaban J connectivity index is 1.65. The van der Waals surface area contributed by atoms with Gasteiger partial charge in [-0.1, -0.05) is 13.8 Å². The SMILES string of the molecule is CC(C)C[C@@H]1CC(=O)N([C@H]2C[C@@H](O)[C@H](O[C@@H]3O[C@H](CO)[C@H](O)[C@H](O)[C@H]3O)[C@@H](CO)O2)C1. The zero-order valence-electron chi connectivity index (χ0n) is 17.9. The van der Waals surface area contributed by atoms with Crippen molar-refractivity contribution in [2.45, 2.75) is 88.4 Å². The van der Waals surface area contributed by atoms with Crippen LogP contribution in [0.2, 0.25) is 0 Å². The summed E-state index contributed by atoms with van der Waals surface area (Å²) in [6.07, 6.45) is -10.1. The lowest BCUT2D eigenvalue weighted by atomic mass is 9.96. The number of ether oxygens (including phenoxy) is 3. The molecule has 0 unspecified atom stereocenters. The maximum absolute atomic E-state index is 12.5. The molecule has 0 saturated carbocycles. The topological polar surface area (TPSA) is 169 Å². The van der Waals surface area contributed by atoms with Crippen LogP contribution in [-0.4, -0.2) is 116 Å². The van der Waals surface area contributed by atoms with Crippen molar-refractivity contribution in [2.24, 2.45) is 11.8 Å². The van der Waals surface area contributed by atoms with E-state index in [1.165, 1.54) is 0 Å². The second-order valence-electron chi connectivity index (χ2n) is 9.16. The normalized spacial score (nSPS) is 44.3. The highest BCUT2D eigenvalue weighted by atomic mass is 16.7. The third-order valence-corrected chi connectivity index (χ3v) is 6.23. The minimum atomic E-state index is -1.64. The summed E-state index contributed by atoms with van der Waals surface area (Å²) in [6.45, 7) is 3.57. The minimum Gasteiger partial charge on any atom is -0.394 e. The molecule has 3 heterocycles. The molecule has 180 valence electrons. The standard InChI is InChI=1S/C20H35NO10/c1-9(2)3-10-4-14(25)21(6-10)15-5-11(24)19(13(8-23)29-15)31-20-18(28)17(27)16(26)12(7-22)30-20/h9-13,15-20,22-24,26-28H,3-8H2,1-2H3/t10-,11-,12-,13-,15-,16+,17+,18-,19+,20+/m1/s1. The third kappa shape index (κ3) is 5.37. The predicted molar refractivity (Wildman–Crippen MR) is 104 cm³/mol. The van der Waals surface area contributed by atoms with E-state index in [1.54, 1.807) is 4.90 Å². The predicted octanol–water partition coefficient (Wildman–Crippen LogP) is -2.47. The first-order valence-corrected chi connectivity index (χ1v) is 10.9. The van der Waals surface area contributed by atoms with E-state index in [1.807, 2.05) is 0 Å². The number of aliphatic hydroxyl groups excluding tert-OH is 6. The van der Waals surface area contributed by atoms with Gasteiger partial charge in [-0.25, -0.2) is 0 Å². The molecule has 0 bridgehead atoms. The molecule has 0 spiro atoms. The minimum absolute atomic E-state index is 0.0404. The van der Waals surface area contributed by atoms with Crippen LogP contribution in [0, 0.1) is 11.8 Å². The second kappa shape index (κ2) is 10.4. The summed E-state index contributed by atoms with van der Waals surface area (Å²) in [4.78, 5) is 14.1. The molecule has 1 amide bonds. The summed E-state index contributed by atoms with van der Waals surface area (Å²) in [5, 5.41) is 59.8. The first-order valence-electron chi connectivity index (χ1n) is 10.9. The van der Waals surface area contributed by atoms with Crippen LogP contribution in [0.4, 0.5) is 0 Å². The number of likely N-dealkylation sites (tertiary alicyclic amines) is 1. The van der Waals surface area contributed by atoms with Crippen LogP contribution in [0.1, 0.15) is 33.1 Å². The first kappa shape index (κ1) is 24.7. The molecule has 31 heavy (non-hydrogen) atoms. The average molecular weight is 449 g/mol. The van der Waals surface area contributed by atoms with Gasteiger partial charge in [-0.15, -0.1) is 0 Å². The number of rotatable bonds is 7. The van der Waals surface area contributed by atoms with Gasteiger partial charge in [0.2, 0.25) is 5.91 Å². The van der Waals surface area contributed by atoms with E-state index in [0.717, 1.165) is 6.42 Å². The van der Waals surface area contributed by atoms with Gasteiger partial charge in [-0.05, 0) is 18.3 Å². The fourth-order valence-corrected chi connectivity index (χ4v) is 4.70. The lowest BCUT2D eigenvalue weighted by Gasteiger charge is -2.45. The van der Waals surface area contributed by atoms with Crippen molar-refractivity contribution < 1.29 is 49.6 Å². The van der Waals surface area contributed by atoms with Gasteiger partial charge in [0, 0.05) is 19.4 Å². The van der Waals surface area contributed by atoms with Crippen molar-refractivity contribution in [2.75, 3.05) is 19.8 Å². The Hall–Kier alpha value is -0.890. The van der Waals surface area contributed by atoms with Crippen molar-refractivity contribution in [3.05, 3.63) is 0 Å². The van der Waals surface area contributed by atoms with Gasteiger partial charge in [0.15, 0.2) is 6.29 Å².